The Labute approximate surface area is 112 Å². The molecule has 1 aliphatic rings. The van der Waals surface area contributed by atoms with Crippen molar-refractivity contribution in [2.45, 2.75) is 19.3 Å². The van der Waals surface area contributed by atoms with Crippen molar-refractivity contribution in [3.63, 3.8) is 0 Å². The van der Waals surface area contributed by atoms with E-state index in [9.17, 15) is 4.79 Å². The summed E-state index contributed by atoms with van der Waals surface area (Å²) in [5.41, 5.74) is 0.746. The Hall–Kier alpha value is -1.93. The number of hydrogen-bond acceptors (Lipinski definition) is 4. The van der Waals surface area contributed by atoms with Gasteiger partial charge < -0.3 is 10.1 Å². The third-order valence-electron chi connectivity index (χ3n) is 3.30. The molecule has 2 rings (SSSR count). The molecule has 0 bridgehead atoms. The standard InChI is InChI=1S/C14H17N3O2/c15-10-12-2-5-16-13(9-12)14(18)17-6-1-11-3-7-19-8-4-11/h2,5,9,11H,1,3-4,6-8H2,(H,17,18). The number of rotatable bonds is 4. The van der Waals surface area contributed by atoms with Crippen LogP contribution in [0.4, 0.5) is 0 Å². The molecule has 19 heavy (non-hydrogen) atoms. The van der Waals surface area contributed by atoms with Gasteiger partial charge in [0.25, 0.3) is 5.91 Å². The predicted molar refractivity (Wildman–Crippen MR) is 69.4 cm³/mol. The molecule has 0 aromatic carbocycles. The Kier molecular flexibility index (Phi) is 4.87. The number of ether oxygens (including phenoxy) is 1. The van der Waals surface area contributed by atoms with E-state index in [0.717, 1.165) is 32.5 Å². The Morgan fingerprint density at radius 2 is 2.32 bits per heavy atom. The van der Waals surface area contributed by atoms with Gasteiger partial charge in [0, 0.05) is 26.0 Å². The molecule has 0 aliphatic carbocycles. The van der Waals surface area contributed by atoms with Gasteiger partial charge >= 0.3 is 0 Å². The van der Waals surface area contributed by atoms with Crippen LogP contribution in [0.1, 0.15) is 35.3 Å². The van der Waals surface area contributed by atoms with Gasteiger partial charge in [-0.15, -0.1) is 0 Å². The molecular weight excluding hydrogens is 242 g/mol. The number of carbonyl (C=O) groups excluding carboxylic acids is 1. The molecule has 1 amide bonds. The second-order valence-corrected chi connectivity index (χ2v) is 4.64. The number of nitrogens with zero attached hydrogens (tertiary/aromatic N) is 2. The van der Waals surface area contributed by atoms with Gasteiger partial charge in [0.15, 0.2) is 0 Å². The number of aromatic nitrogens is 1. The summed E-state index contributed by atoms with van der Waals surface area (Å²) < 4.78 is 5.29. The minimum absolute atomic E-state index is 0.218. The highest BCUT2D eigenvalue weighted by Crippen LogP contribution is 2.17. The number of nitrogens with one attached hydrogen (secondary N) is 1. The molecule has 5 nitrogen and oxygen atoms in total. The van der Waals surface area contributed by atoms with Crippen LogP contribution in [-0.2, 0) is 4.74 Å². The molecular formula is C14H17N3O2. The van der Waals surface area contributed by atoms with Gasteiger partial charge in [-0.25, -0.2) is 0 Å². The van der Waals surface area contributed by atoms with Gasteiger partial charge in [0.05, 0.1) is 11.6 Å². The predicted octanol–water partition coefficient (Wildman–Crippen LogP) is 1.50. The van der Waals surface area contributed by atoms with Crippen LogP contribution >= 0.6 is 0 Å². The summed E-state index contributed by atoms with van der Waals surface area (Å²) in [4.78, 5) is 15.8. The van der Waals surface area contributed by atoms with Crippen LogP contribution in [0.5, 0.6) is 0 Å². The molecule has 0 atom stereocenters. The quantitative estimate of drug-likeness (QED) is 0.889. The summed E-state index contributed by atoms with van der Waals surface area (Å²) in [6.07, 6.45) is 4.58. The second-order valence-electron chi connectivity index (χ2n) is 4.64. The molecule has 1 aromatic heterocycles. The minimum Gasteiger partial charge on any atom is -0.381 e. The Bertz CT molecular complexity index is 476. The van der Waals surface area contributed by atoms with E-state index in [1.165, 1.54) is 12.3 Å². The van der Waals surface area contributed by atoms with Crippen molar-refractivity contribution >= 4 is 5.91 Å². The van der Waals surface area contributed by atoms with Gasteiger partial charge in [0.1, 0.15) is 5.69 Å². The van der Waals surface area contributed by atoms with Crippen molar-refractivity contribution in [1.82, 2.24) is 10.3 Å². The smallest absolute Gasteiger partial charge is 0.269 e. The van der Waals surface area contributed by atoms with E-state index in [0.29, 0.717) is 23.7 Å². The summed E-state index contributed by atoms with van der Waals surface area (Å²) in [5, 5.41) is 11.6. The normalized spacial score (nSPS) is 15.7. The Morgan fingerprint density at radius 3 is 3.05 bits per heavy atom. The van der Waals surface area contributed by atoms with Gasteiger partial charge in [-0.1, -0.05) is 0 Å². The maximum absolute atomic E-state index is 11.8. The molecule has 1 aliphatic heterocycles. The summed E-state index contributed by atoms with van der Waals surface area (Å²) in [7, 11) is 0. The minimum atomic E-state index is -0.218. The zero-order chi connectivity index (χ0) is 13.5. The van der Waals surface area contributed by atoms with E-state index in [1.807, 2.05) is 6.07 Å². The van der Waals surface area contributed by atoms with Crippen molar-refractivity contribution in [2.24, 2.45) is 5.92 Å². The van der Waals surface area contributed by atoms with Crippen LogP contribution in [-0.4, -0.2) is 30.6 Å². The topological polar surface area (TPSA) is 75.0 Å². The molecule has 1 aromatic rings. The fourth-order valence-corrected chi connectivity index (χ4v) is 2.14. The van der Waals surface area contributed by atoms with Crippen molar-refractivity contribution in [1.29, 1.82) is 5.26 Å². The first-order valence-electron chi connectivity index (χ1n) is 6.51. The molecule has 2 heterocycles. The lowest BCUT2D eigenvalue weighted by Crippen LogP contribution is -2.28. The van der Waals surface area contributed by atoms with Crippen LogP contribution in [0.25, 0.3) is 0 Å². The third kappa shape index (κ3) is 4.04. The van der Waals surface area contributed by atoms with Crippen LogP contribution < -0.4 is 5.32 Å². The van der Waals surface area contributed by atoms with E-state index in [-0.39, 0.29) is 5.91 Å². The van der Waals surface area contributed by atoms with Crippen molar-refractivity contribution in [3.8, 4) is 6.07 Å². The first-order valence-corrected chi connectivity index (χ1v) is 6.51. The summed E-state index contributed by atoms with van der Waals surface area (Å²) in [6.45, 7) is 2.29. The van der Waals surface area contributed by atoms with E-state index in [4.69, 9.17) is 10.00 Å². The fourth-order valence-electron chi connectivity index (χ4n) is 2.14. The highest BCUT2D eigenvalue weighted by molar-refractivity contribution is 5.92. The summed E-state index contributed by atoms with van der Waals surface area (Å²) in [5.74, 6) is 0.414. The first-order chi connectivity index (χ1) is 9.29. The lowest BCUT2D eigenvalue weighted by atomic mass is 9.97. The Morgan fingerprint density at radius 1 is 1.53 bits per heavy atom. The number of hydrogen-bond donors (Lipinski definition) is 1. The average molecular weight is 259 g/mol. The molecule has 1 saturated heterocycles. The van der Waals surface area contributed by atoms with E-state index in [1.54, 1.807) is 6.07 Å². The Balaban J connectivity index is 1.79. The van der Waals surface area contributed by atoms with E-state index < -0.39 is 0 Å². The van der Waals surface area contributed by atoms with Crippen LogP contribution in [0.2, 0.25) is 0 Å². The zero-order valence-corrected chi connectivity index (χ0v) is 10.8. The maximum Gasteiger partial charge on any atom is 0.269 e. The molecule has 5 heteroatoms. The van der Waals surface area contributed by atoms with Gasteiger partial charge in [-0.2, -0.15) is 5.26 Å². The highest BCUT2D eigenvalue weighted by Gasteiger charge is 2.14. The number of pyridine rings is 1. The van der Waals surface area contributed by atoms with Crippen molar-refractivity contribution < 1.29 is 9.53 Å². The monoisotopic (exact) mass is 259 g/mol. The van der Waals surface area contributed by atoms with Crippen LogP contribution in [0.3, 0.4) is 0 Å². The molecule has 1 fully saturated rings. The fraction of sp³-hybridized carbons (Fsp3) is 0.500. The summed E-state index contributed by atoms with van der Waals surface area (Å²) >= 11 is 0. The molecule has 0 radical (unpaired) electrons. The third-order valence-corrected chi connectivity index (χ3v) is 3.30. The average Bonchev–Trinajstić information content (AvgIpc) is 2.48. The maximum atomic E-state index is 11.8. The molecule has 1 N–H and O–H groups in total. The lowest BCUT2D eigenvalue weighted by molar-refractivity contribution is 0.0636. The highest BCUT2D eigenvalue weighted by atomic mass is 16.5. The molecule has 0 saturated carbocycles. The number of nitriles is 1. The second kappa shape index (κ2) is 6.86. The van der Waals surface area contributed by atoms with Crippen LogP contribution in [0, 0.1) is 17.2 Å². The number of carbonyl (C=O) groups is 1. The van der Waals surface area contributed by atoms with E-state index in [2.05, 4.69) is 10.3 Å². The SMILES string of the molecule is N#Cc1ccnc(C(=O)NCCC2CCOCC2)c1. The molecule has 100 valence electrons. The largest absolute Gasteiger partial charge is 0.381 e. The van der Waals surface area contributed by atoms with E-state index >= 15 is 0 Å². The lowest BCUT2D eigenvalue weighted by Gasteiger charge is -2.21. The first kappa shape index (κ1) is 13.5. The summed E-state index contributed by atoms with van der Waals surface area (Å²) in [6, 6.07) is 5.08. The van der Waals surface area contributed by atoms with Crippen LogP contribution in [0.15, 0.2) is 18.3 Å². The van der Waals surface area contributed by atoms with Gasteiger partial charge in [0.2, 0.25) is 0 Å². The van der Waals surface area contributed by atoms with Gasteiger partial charge in [-0.05, 0) is 37.3 Å². The molecule has 0 spiro atoms. The van der Waals surface area contributed by atoms with Crippen molar-refractivity contribution in [3.05, 3.63) is 29.6 Å². The molecule has 0 unspecified atom stereocenters. The van der Waals surface area contributed by atoms with Gasteiger partial charge in [-0.3, -0.25) is 9.78 Å². The zero-order valence-electron chi connectivity index (χ0n) is 10.8. The van der Waals surface area contributed by atoms with Crippen molar-refractivity contribution in [2.75, 3.05) is 19.8 Å². The number of amides is 1.